The standard InChI is InChI=1S/C21H28N6O4S/c1-3-31-14-18-25-19-17(13-15(2)24-20(19)22)27(18)12-8-7-11-23-21(28)26-32(29,30)16-9-5-4-6-10-16/h4-6,9-10,13H,3,7-8,11-12,14H2,1-2H3,(H2,22,24)(H2,23,26,28). The number of urea groups is 1. The predicted octanol–water partition coefficient (Wildman–Crippen LogP) is 2.33. The summed E-state index contributed by atoms with van der Waals surface area (Å²) >= 11 is 0. The highest BCUT2D eigenvalue weighted by Gasteiger charge is 2.17. The Morgan fingerprint density at radius 3 is 2.66 bits per heavy atom. The minimum atomic E-state index is -3.89. The van der Waals surface area contributed by atoms with E-state index in [4.69, 9.17) is 10.5 Å². The molecule has 0 fully saturated rings. The van der Waals surface area contributed by atoms with Crippen molar-refractivity contribution in [2.24, 2.45) is 0 Å². The van der Waals surface area contributed by atoms with Crippen molar-refractivity contribution in [3.63, 3.8) is 0 Å². The Morgan fingerprint density at radius 1 is 1.19 bits per heavy atom. The summed E-state index contributed by atoms with van der Waals surface area (Å²) in [5.74, 6) is 1.15. The zero-order valence-corrected chi connectivity index (χ0v) is 19.0. The third kappa shape index (κ3) is 5.74. The van der Waals surface area contributed by atoms with Crippen LogP contribution in [0.4, 0.5) is 10.6 Å². The van der Waals surface area contributed by atoms with Gasteiger partial charge < -0.3 is 20.4 Å². The lowest BCUT2D eigenvalue weighted by atomic mass is 10.2. The summed E-state index contributed by atoms with van der Waals surface area (Å²) in [7, 11) is -3.89. The molecule has 1 aromatic carbocycles. The van der Waals surface area contributed by atoms with Crippen LogP contribution in [0.3, 0.4) is 0 Å². The number of sulfonamides is 1. The largest absolute Gasteiger partial charge is 0.382 e. The van der Waals surface area contributed by atoms with Crippen LogP contribution in [-0.4, -0.2) is 42.1 Å². The fraction of sp³-hybridized carbons (Fsp3) is 0.381. The molecule has 0 atom stereocenters. The summed E-state index contributed by atoms with van der Waals surface area (Å²) in [6.07, 6.45) is 1.38. The first kappa shape index (κ1) is 23.5. The van der Waals surface area contributed by atoms with Crippen LogP contribution in [0.2, 0.25) is 0 Å². The molecule has 0 spiro atoms. The number of hydrogen-bond donors (Lipinski definition) is 3. The number of amides is 2. The Hall–Kier alpha value is -3.18. The van der Waals surface area contributed by atoms with E-state index in [1.165, 1.54) is 12.1 Å². The number of nitrogens with two attached hydrogens (primary N) is 1. The zero-order valence-electron chi connectivity index (χ0n) is 18.2. The molecule has 2 heterocycles. The average molecular weight is 461 g/mol. The molecule has 0 unspecified atom stereocenters. The van der Waals surface area contributed by atoms with Gasteiger partial charge in [-0.25, -0.2) is 27.9 Å². The number of rotatable bonds is 10. The molecular weight excluding hydrogens is 432 g/mol. The Labute approximate surface area is 187 Å². The maximum absolute atomic E-state index is 12.2. The van der Waals surface area contributed by atoms with Crippen LogP contribution in [0.1, 0.15) is 31.3 Å². The van der Waals surface area contributed by atoms with Crippen LogP contribution in [0.15, 0.2) is 41.3 Å². The van der Waals surface area contributed by atoms with E-state index >= 15 is 0 Å². The smallest absolute Gasteiger partial charge is 0.328 e. The van der Waals surface area contributed by atoms with Crippen LogP contribution < -0.4 is 15.8 Å². The van der Waals surface area contributed by atoms with Crippen molar-refractivity contribution in [1.29, 1.82) is 0 Å². The molecule has 0 aliphatic heterocycles. The van der Waals surface area contributed by atoms with Gasteiger partial charge in [0.05, 0.1) is 10.4 Å². The lowest BCUT2D eigenvalue weighted by molar-refractivity contribution is 0.126. The molecule has 3 aromatic rings. The van der Waals surface area contributed by atoms with Crippen LogP contribution >= 0.6 is 0 Å². The lowest BCUT2D eigenvalue weighted by Gasteiger charge is -2.11. The summed E-state index contributed by atoms with van der Waals surface area (Å²) in [6.45, 7) is 5.70. The normalized spacial score (nSPS) is 11.6. The number of carbonyl (C=O) groups is 1. The monoisotopic (exact) mass is 460 g/mol. The fourth-order valence-corrected chi connectivity index (χ4v) is 4.24. The summed E-state index contributed by atoms with van der Waals surface area (Å²) in [5.41, 5.74) is 8.38. The van der Waals surface area contributed by atoms with Crippen molar-refractivity contribution >= 4 is 32.9 Å². The van der Waals surface area contributed by atoms with Crippen molar-refractivity contribution in [2.75, 3.05) is 18.9 Å². The van der Waals surface area contributed by atoms with E-state index in [2.05, 4.69) is 19.9 Å². The zero-order chi connectivity index (χ0) is 23.1. The lowest BCUT2D eigenvalue weighted by Crippen LogP contribution is -2.39. The number of carbonyl (C=O) groups excluding carboxylic acids is 1. The van der Waals surface area contributed by atoms with E-state index < -0.39 is 16.1 Å². The van der Waals surface area contributed by atoms with E-state index in [0.717, 1.165) is 23.5 Å². The topological polar surface area (TPSA) is 141 Å². The van der Waals surface area contributed by atoms with Gasteiger partial charge in [0.15, 0.2) is 5.82 Å². The molecule has 0 saturated heterocycles. The van der Waals surface area contributed by atoms with Gasteiger partial charge in [0.2, 0.25) is 0 Å². The molecule has 172 valence electrons. The number of anilines is 1. The van der Waals surface area contributed by atoms with Gasteiger partial charge in [-0.05, 0) is 44.9 Å². The molecule has 3 rings (SSSR count). The highest BCUT2D eigenvalue weighted by atomic mass is 32.2. The second-order valence-electron chi connectivity index (χ2n) is 7.21. The molecule has 0 saturated carbocycles. The van der Waals surface area contributed by atoms with Gasteiger partial charge in [0, 0.05) is 25.4 Å². The number of hydrogen-bond acceptors (Lipinski definition) is 7. The number of benzene rings is 1. The number of aromatic nitrogens is 3. The second kappa shape index (κ2) is 10.4. The van der Waals surface area contributed by atoms with Gasteiger partial charge >= 0.3 is 6.03 Å². The van der Waals surface area contributed by atoms with Gasteiger partial charge in [-0.15, -0.1) is 0 Å². The number of imidazole rings is 1. The Balaban J connectivity index is 1.56. The van der Waals surface area contributed by atoms with Crippen LogP contribution in [-0.2, 0) is 27.9 Å². The van der Waals surface area contributed by atoms with Crippen molar-refractivity contribution in [3.05, 3.63) is 47.9 Å². The van der Waals surface area contributed by atoms with Crippen LogP contribution in [0.5, 0.6) is 0 Å². The number of pyridine rings is 1. The number of fused-ring (bicyclic) bond motifs is 1. The third-order valence-electron chi connectivity index (χ3n) is 4.78. The van der Waals surface area contributed by atoms with Crippen molar-refractivity contribution in [2.45, 2.75) is 44.7 Å². The number of aryl methyl sites for hydroxylation is 2. The van der Waals surface area contributed by atoms with Gasteiger partial charge in [-0.2, -0.15) is 0 Å². The Bertz CT molecular complexity index is 1180. The highest BCUT2D eigenvalue weighted by Crippen LogP contribution is 2.22. The maximum atomic E-state index is 12.2. The minimum Gasteiger partial charge on any atom is -0.382 e. The third-order valence-corrected chi connectivity index (χ3v) is 6.13. The van der Waals surface area contributed by atoms with E-state index in [9.17, 15) is 13.2 Å². The van der Waals surface area contributed by atoms with Crippen molar-refractivity contribution < 1.29 is 17.9 Å². The maximum Gasteiger partial charge on any atom is 0.328 e. The van der Waals surface area contributed by atoms with E-state index in [-0.39, 0.29) is 4.90 Å². The van der Waals surface area contributed by atoms with Crippen molar-refractivity contribution in [1.82, 2.24) is 24.6 Å². The molecule has 2 amide bonds. The second-order valence-corrected chi connectivity index (χ2v) is 8.90. The first-order valence-corrected chi connectivity index (χ1v) is 11.9. The summed E-state index contributed by atoms with van der Waals surface area (Å²) in [6, 6.07) is 8.93. The minimum absolute atomic E-state index is 0.0352. The number of ether oxygens (including phenoxy) is 1. The van der Waals surface area contributed by atoms with E-state index in [0.29, 0.717) is 44.1 Å². The first-order valence-electron chi connectivity index (χ1n) is 10.4. The average Bonchev–Trinajstić information content (AvgIpc) is 3.10. The van der Waals surface area contributed by atoms with Crippen LogP contribution in [0.25, 0.3) is 11.0 Å². The van der Waals surface area contributed by atoms with E-state index in [1.54, 1.807) is 18.2 Å². The van der Waals surface area contributed by atoms with Gasteiger partial charge in [0.25, 0.3) is 10.0 Å². The molecule has 11 heteroatoms. The molecule has 2 aromatic heterocycles. The van der Waals surface area contributed by atoms with E-state index in [1.807, 2.05) is 24.6 Å². The van der Waals surface area contributed by atoms with Gasteiger partial charge in [0.1, 0.15) is 17.9 Å². The molecule has 4 N–H and O–H groups in total. The highest BCUT2D eigenvalue weighted by molar-refractivity contribution is 7.90. The number of nitrogens with zero attached hydrogens (tertiary/aromatic N) is 3. The molecule has 0 bridgehead atoms. The van der Waals surface area contributed by atoms with Gasteiger partial charge in [-0.1, -0.05) is 18.2 Å². The van der Waals surface area contributed by atoms with Gasteiger partial charge in [-0.3, -0.25) is 0 Å². The quantitative estimate of drug-likeness (QED) is 0.394. The summed E-state index contributed by atoms with van der Waals surface area (Å²) < 4.78 is 34.0. The first-order chi connectivity index (χ1) is 15.3. The molecule has 0 aliphatic carbocycles. The number of nitrogen functional groups attached to an aromatic ring is 1. The predicted molar refractivity (Wildman–Crippen MR) is 121 cm³/mol. The number of nitrogens with one attached hydrogen (secondary N) is 2. The summed E-state index contributed by atoms with van der Waals surface area (Å²) in [4.78, 5) is 20.9. The number of unbranched alkanes of at least 4 members (excludes halogenated alkanes) is 1. The molecular formula is C21H28N6O4S. The molecule has 32 heavy (non-hydrogen) atoms. The molecule has 0 radical (unpaired) electrons. The fourth-order valence-electron chi connectivity index (χ4n) is 3.29. The Kier molecular flexibility index (Phi) is 7.65. The van der Waals surface area contributed by atoms with Crippen molar-refractivity contribution in [3.8, 4) is 0 Å². The van der Waals surface area contributed by atoms with Crippen LogP contribution in [0, 0.1) is 6.92 Å². The SMILES string of the molecule is CCOCc1nc2c(N)nc(C)cc2n1CCCCNC(=O)NS(=O)(=O)c1ccccc1. The molecule has 10 nitrogen and oxygen atoms in total. The summed E-state index contributed by atoms with van der Waals surface area (Å²) in [5, 5.41) is 2.58. The Morgan fingerprint density at radius 2 is 1.94 bits per heavy atom. The molecule has 0 aliphatic rings.